The molecule has 0 saturated carbocycles. The van der Waals surface area contributed by atoms with Crippen LogP contribution in [0.5, 0.6) is 17.2 Å². The van der Waals surface area contributed by atoms with Crippen molar-refractivity contribution in [1.82, 2.24) is 5.32 Å². The molecule has 0 aliphatic carbocycles. The number of anilines is 1. The average molecular weight is 529 g/mol. The van der Waals surface area contributed by atoms with Crippen LogP contribution in [0.2, 0.25) is 0 Å². The van der Waals surface area contributed by atoms with Crippen LogP contribution in [0.3, 0.4) is 0 Å². The van der Waals surface area contributed by atoms with Gasteiger partial charge in [-0.3, -0.25) is 9.69 Å². The predicted octanol–water partition coefficient (Wildman–Crippen LogP) is 5.95. The van der Waals surface area contributed by atoms with Crippen molar-refractivity contribution in [3.63, 3.8) is 0 Å². The van der Waals surface area contributed by atoms with E-state index in [0.717, 1.165) is 12.1 Å². The van der Waals surface area contributed by atoms with Crippen LogP contribution < -0.4 is 24.4 Å². The van der Waals surface area contributed by atoms with Gasteiger partial charge in [-0.15, -0.1) is 0 Å². The number of carbonyl (C=O) groups is 1. The molecule has 1 heterocycles. The van der Waals surface area contributed by atoms with Gasteiger partial charge in [0.2, 0.25) is 0 Å². The maximum absolute atomic E-state index is 13.1. The summed E-state index contributed by atoms with van der Waals surface area (Å²) in [5, 5.41) is 3.17. The van der Waals surface area contributed by atoms with E-state index in [-0.39, 0.29) is 29.1 Å². The first-order chi connectivity index (χ1) is 17.7. The number of methoxy groups -OCH3 is 1. The van der Waals surface area contributed by atoms with E-state index >= 15 is 0 Å². The number of alkyl halides is 3. The molecule has 3 aromatic carbocycles. The summed E-state index contributed by atoms with van der Waals surface area (Å²) in [5.74, 6) is 0.924. The zero-order valence-corrected chi connectivity index (χ0v) is 20.8. The van der Waals surface area contributed by atoms with E-state index in [1.165, 1.54) is 24.1 Å². The van der Waals surface area contributed by atoms with E-state index < -0.39 is 11.7 Å². The molecule has 10 heteroatoms. The van der Waals surface area contributed by atoms with Gasteiger partial charge in [0.25, 0.3) is 5.91 Å². The Morgan fingerprint density at radius 3 is 2.43 bits per heavy atom. The number of carbonyl (C=O) groups excluding carboxylic acids is 1. The monoisotopic (exact) mass is 528 g/mol. The summed E-state index contributed by atoms with van der Waals surface area (Å²) < 4.78 is 55.5. The largest absolute Gasteiger partial charge is 0.496 e. The summed E-state index contributed by atoms with van der Waals surface area (Å²) in [7, 11) is 1.48. The summed E-state index contributed by atoms with van der Waals surface area (Å²) >= 11 is 5.38. The highest BCUT2D eigenvalue weighted by Gasteiger charge is 2.32. The van der Waals surface area contributed by atoms with Gasteiger partial charge in [-0.2, -0.15) is 13.2 Å². The second kappa shape index (κ2) is 10.9. The van der Waals surface area contributed by atoms with Crippen molar-refractivity contribution in [1.29, 1.82) is 0 Å². The first-order valence-corrected chi connectivity index (χ1v) is 11.7. The third-order valence-corrected chi connectivity index (χ3v) is 5.74. The number of rotatable bonds is 8. The van der Waals surface area contributed by atoms with Crippen LogP contribution in [0.25, 0.3) is 6.08 Å². The predicted molar refractivity (Wildman–Crippen MR) is 138 cm³/mol. The minimum Gasteiger partial charge on any atom is -0.496 e. The molecular formula is C27H23F3N2O4S. The highest BCUT2D eigenvalue weighted by atomic mass is 32.1. The molecule has 1 saturated heterocycles. The van der Waals surface area contributed by atoms with E-state index in [2.05, 4.69) is 5.32 Å². The fourth-order valence-electron chi connectivity index (χ4n) is 3.72. The van der Waals surface area contributed by atoms with Gasteiger partial charge in [-0.25, -0.2) is 0 Å². The molecule has 192 valence electrons. The molecular weight excluding hydrogens is 505 g/mol. The molecule has 4 rings (SSSR count). The zero-order valence-electron chi connectivity index (χ0n) is 20.0. The van der Waals surface area contributed by atoms with Crippen molar-refractivity contribution in [2.45, 2.75) is 19.7 Å². The van der Waals surface area contributed by atoms with Gasteiger partial charge in [0.15, 0.2) is 5.11 Å². The van der Waals surface area contributed by atoms with Crippen molar-refractivity contribution in [2.24, 2.45) is 0 Å². The second-order valence-corrected chi connectivity index (χ2v) is 8.33. The lowest BCUT2D eigenvalue weighted by molar-refractivity contribution is -0.137. The van der Waals surface area contributed by atoms with Gasteiger partial charge in [0.1, 0.15) is 29.6 Å². The topological polar surface area (TPSA) is 60.0 Å². The Morgan fingerprint density at radius 1 is 1.00 bits per heavy atom. The minimum absolute atomic E-state index is 0.0421. The lowest BCUT2D eigenvalue weighted by atomic mass is 10.1. The normalized spacial score (nSPS) is 14.6. The molecule has 1 fully saturated rings. The summed E-state index contributed by atoms with van der Waals surface area (Å²) in [5.41, 5.74) is 1.31. The fraction of sp³-hybridized carbons (Fsp3) is 0.185. The van der Waals surface area contributed by atoms with Gasteiger partial charge in [-0.05, 0) is 85.4 Å². The highest BCUT2D eigenvalue weighted by Crippen LogP contribution is 2.32. The molecule has 6 nitrogen and oxygen atoms in total. The molecule has 1 amide bonds. The quantitative estimate of drug-likeness (QED) is 0.288. The molecule has 0 spiro atoms. The number of hydrogen-bond acceptors (Lipinski definition) is 5. The Labute approximate surface area is 217 Å². The number of hydrogen-bond donors (Lipinski definition) is 1. The smallest absolute Gasteiger partial charge is 0.416 e. The number of amides is 1. The molecule has 0 atom stereocenters. The summed E-state index contributed by atoms with van der Waals surface area (Å²) in [6, 6.07) is 16.8. The van der Waals surface area contributed by atoms with Gasteiger partial charge in [0.05, 0.1) is 25.0 Å². The standard InChI is InChI=1S/C27H23F3N2O4S/c1-3-35-21-10-8-20(9-11-21)32-25(33)23(31-26(32)37)14-17-7-12-24(34-2)18(13-17)16-36-22-6-4-5-19(15-22)27(28,29)30/h4-15H,3,16H2,1-2H3,(H,31,37)/b23-14+. The average Bonchev–Trinajstić information content (AvgIpc) is 3.15. The fourth-order valence-corrected chi connectivity index (χ4v) is 4.02. The van der Waals surface area contributed by atoms with Crippen LogP contribution in [0, 0.1) is 0 Å². The Balaban J connectivity index is 1.53. The molecule has 0 radical (unpaired) electrons. The number of benzene rings is 3. The van der Waals surface area contributed by atoms with Crippen molar-refractivity contribution in [3.05, 3.63) is 89.1 Å². The lowest BCUT2D eigenvalue weighted by Gasteiger charge is -2.14. The van der Waals surface area contributed by atoms with E-state index in [1.807, 2.05) is 6.92 Å². The minimum atomic E-state index is -4.47. The third-order valence-electron chi connectivity index (χ3n) is 5.46. The van der Waals surface area contributed by atoms with Crippen LogP contribution in [0.15, 0.2) is 72.4 Å². The Morgan fingerprint density at radius 2 is 1.76 bits per heavy atom. The first kappa shape index (κ1) is 26.0. The first-order valence-electron chi connectivity index (χ1n) is 11.3. The molecule has 37 heavy (non-hydrogen) atoms. The summed E-state index contributed by atoms with van der Waals surface area (Å²) in [6.07, 6.45) is -2.83. The molecule has 0 unspecified atom stereocenters. The van der Waals surface area contributed by atoms with Gasteiger partial charge in [-0.1, -0.05) is 12.1 Å². The van der Waals surface area contributed by atoms with E-state index in [1.54, 1.807) is 48.5 Å². The van der Waals surface area contributed by atoms with Gasteiger partial charge >= 0.3 is 6.18 Å². The van der Waals surface area contributed by atoms with Crippen LogP contribution in [0.1, 0.15) is 23.6 Å². The second-order valence-electron chi connectivity index (χ2n) is 7.94. The Bertz CT molecular complexity index is 1340. The third kappa shape index (κ3) is 6.03. The number of thiocarbonyl (C=S) groups is 1. The lowest BCUT2D eigenvalue weighted by Crippen LogP contribution is -2.30. The van der Waals surface area contributed by atoms with Crippen LogP contribution in [0.4, 0.5) is 18.9 Å². The van der Waals surface area contributed by atoms with Gasteiger partial charge < -0.3 is 19.5 Å². The Kier molecular flexibility index (Phi) is 7.68. The summed E-state index contributed by atoms with van der Waals surface area (Å²) in [6.45, 7) is 2.37. The number of ether oxygens (including phenoxy) is 3. The van der Waals surface area contributed by atoms with Crippen LogP contribution in [-0.2, 0) is 17.6 Å². The van der Waals surface area contributed by atoms with Crippen molar-refractivity contribution in [3.8, 4) is 17.2 Å². The van der Waals surface area contributed by atoms with Crippen molar-refractivity contribution in [2.75, 3.05) is 18.6 Å². The summed E-state index contributed by atoms with van der Waals surface area (Å²) in [4.78, 5) is 14.5. The van der Waals surface area contributed by atoms with Crippen LogP contribution in [-0.4, -0.2) is 24.7 Å². The maximum Gasteiger partial charge on any atom is 0.416 e. The molecule has 1 aliphatic heterocycles. The number of halogens is 3. The molecule has 1 N–H and O–H groups in total. The van der Waals surface area contributed by atoms with E-state index in [9.17, 15) is 18.0 Å². The molecule has 0 aromatic heterocycles. The maximum atomic E-state index is 13.1. The van der Waals surface area contributed by atoms with Crippen molar-refractivity contribution < 1.29 is 32.2 Å². The van der Waals surface area contributed by atoms with E-state index in [4.69, 9.17) is 26.4 Å². The highest BCUT2D eigenvalue weighted by molar-refractivity contribution is 7.80. The zero-order chi connectivity index (χ0) is 26.6. The number of nitrogens with one attached hydrogen (secondary N) is 1. The van der Waals surface area contributed by atoms with Gasteiger partial charge in [0, 0.05) is 5.56 Å². The molecule has 3 aromatic rings. The van der Waals surface area contributed by atoms with E-state index in [0.29, 0.717) is 34.9 Å². The molecule has 1 aliphatic rings. The number of nitrogens with zero attached hydrogens (tertiary/aromatic N) is 1. The Hall–Kier alpha value is -4.05. The molecule has 0 bridgehead atoms. The SMILES string of the molecule is CCOc1ccc(N2C(=O)/C(=C\c3ccc(OC)c(COc4cccc(C(F)(F)F)c4)c3)NC2=S)cc1. The van der Waals surface area contributed by atoms with Crippen molar-refractivity contribution >= 4 is 35.0 Å². The van der Waals surface area contributed by atoms with Crippen LogP contribution >= 0.6 is 12.2 Å².